The molecule has 30 heavy (non-hydrogen) atoms. The number of fused-ring (bicyclic) bond motifs is 1. The van der Waals surface area contributed by atoms with Gasteiger partial charge in [0.1, 0.15) is 17.7 Å². The lowest BCUT2D eigenvalue weighted by molar-refractivity contribution is -0.138. The van der Waals surface area contributed by atoms with E-state index >= 15 is 0 Å². The van der Waals surface area contributed by atoms with E-state index in [9.17, 15) is 13.2 Å². The third-order valence-electron chi connectivity index (χ3n) is 5.75. The van der Waals surface area contributed by atoms with Crippen LogP contribution in [0.5, 0.6) is 0 Å². The lowest BCUT2D eigenvalue weighted by Crippen LogP contribution is -2.38. The molecule has 1 aromatic carbocycles. The Morgan fingerprint density at radius 3 is 2.63 bits per heavy atom. The van der Waals surface area contributed by atoms with Crippen LogP contribution < -0.4 is 0 Å². The molecule has 0 N–H and O–H groups in total. The van der Waals surface area contributed by atoms with Crippen LogP contribution in [-0.2, 0) is 23.9 Å². The first kappa shape index (κ1) is 19.4. The number of morpholine rings is 1. The van der Waals surface area contributed by atoms with E-state index < -0.39 is 11.7 Å². The summed E-state index contributed by atoms with van der Waals surface area (Å²) in [6, 6.07) is 9.72. The molecule has 3 heterocycles. The highest BCUT2D eigenvalue weighted by Gasteiger charge is 2.39. The second-order valence-corrected chi connectivity index (χ2v) is 8.03. The van der Waals surface area contributed by atoms with Crippen molar-refractivity contribution in [2.45, 2.75) is 38.1 Å². The van der Waals surface area contributed by atoms with Gasteiger partial charge in [0.05, 0.1) is 18.4 Å². The molecule has 2 fully saturated rings. The molecular formula is C21H22F3N5O. The Bertz CT molecular complexity index is 1030. The molecule has 2 aromatic heterocycles. The van der Waals surface area contributed by atoms with Crippen molar-refractivity contribution < 1.29 is 17.9 Å². The Balaban J connectivity index is 1.43. The van der Waals surface area contributed by atoms with Crippen LogP contribution in [0.1, 0.15) is 41.6 Å². The van der Waals surface area contributed by atoms with Gasteiger partial charge in [0, 0.05) is 26.1 Å². The van der Waals surface area contributed by atoms with Crippen LogP contribution in [0.15, 0.2) is 36.7 Å². The van der Waals surface area contributed by atoms with Gasteiger partial charge in [-0.3, -0.25) is 9.30 Å². The summed E-state index contributed by atoms with van der Waals surface area (Å²) in [4.78, 5) is 6.16. The van der Waals surface area contributed by atoms with Gasteiger partial charge in [0.25, 0.3) is 0 Å². The minimum Gasteiger partial charge on any atom is -0.371 e. The zero-order valence-corrected chi connectivity index (χ0v) is 16.3. The molecule has 1 aliphatic carbocycles. The van der Waals surface area contributed by atoms with Crippen LogP contribution >= 0.6 is 0 Å². The molecule has 0 bridgehead atoms. The molecule has 9 heteroatoms. The molecule has 3 aromatic rings. The van der Waals surface area contributed by atoms with Crippen molar-refractivity contribution in [1.82, 2.24) is 24.5 Å². The number of hydrogen-bond donors (Lipinski definition) is 0. The zero-order valence-electron chi connectivity index (χ0n) is 16.3. The van der Waals surface area contributed by atoms with Gasteiger partial charge in [-0.05, 0) is 24.3 Å². The molecule has 5 rings (SSSR count). The van der Waals surface area contributed by atoms with Gasteiger partial charge in [0.15, 0.2) is 5.65 Å². The second-order valence-electron chi connectivity index (χ2n) is 8.03. The van der Waals surface area contributed by atoms with E-state index in [1.165, 1.54) is 10.7 Å². The van der Waals surface area contributed by atoms with Gasteiger partial charge in [-0.2, -0.15) is 13.2 Å². The predicted octanol–water partition coefficient (Wildman–Crippen LogP) is 3.67. The van der Waals surface area contributed by atoms with Crippen LogP contribution in [0.2, 0.25) is 0 Å². The van der Waals surface area contributed by atoms with Crippen molar-refractivity contribution in [1.29, 1.82) is 0 Å². The Hall–Kier alpha value is -2.52. The number of nitrogens with zero attached hydrogens (tertiary/aromatic N) is 5. The topological polar surface area (TPSA) is 55.5 Å². The van der Waals surface area contributed by atoms with E-state index in [1.54, 1.807) is 0 Å². The van der Waals surface area contributed by atoms with Crippen molar-refractivity contribution in [2.75, 3.05) is 19.7 Å². The summed E-state index contributed by atoms with van der Waals surface area (Å²) < 4.78 is 49.2. The largest absolute Gasteiger partial charge is 0.421 e. The second kappa shape index (κ2) is 7.63. The molecule has 1 atom stereocenters. The van der Waals surface area contributed by atoms with E-state index in [2.05, 4.69) is 15.2 Å². The molecule has 0 spiro atoms. The lowest BCUT2D eigenvalue weighted by Gasteiger charge is -2.33. The van der Waals surface area contributed by atoms with E-state index in [0.29, 0.717) is 37.9 Å². The smallest absolute Gasteiger partial charge is 0.371 e. The third-order valence-corrected chi connectivity index (χ3v) is 5.75. The summed E-state index contributed by atoms with van der Waals surface area (Å²) in [5.74, 6) is 1.04. The minimum absolute atomic E-state index is 0.0194. The maximum atomic E-state index is 14.0. The van der Waals surface area contributed by atoms with Crippen LogP contribution in [0.4, 0.5) is 13.2 Å². The molecular weight excluding hydrogens is 395 g/mol. The number of alkyl halides is 3. The van der Waals surface area contributed by atoms with E-state index in [-0.39, 0.29) is 24.0 Å². The van der Waals surface area contributed by atoms with Gasteiger partial charge < -0.3 is 4.74 Å². The summed E-state index contributed by atoms with van der Waals surface area (Å²) >= 11 is 0. The maximum Gasteiger partial charge on any atom is 0.421 e. The Kier molecular flexibility index (Phi) is 4.94. The first-order valence-corrected chi connectivity index (χ1v) is 10.2. The Labute approximate surface area is 171 Å². The number of halogens is 3. The van der Waals surface area contributed by atoms with Crippen LogP contribution in [0.25, 0.3) is 5.65 Å². The predicted molar refractivity (Wildman–Crippen MR) is 103 cm³/mol. The Morgan fingerprint density at radius 2 is 1.90 bits per heavy atom. The fourth-order valence-electron chi connectivity index (χ4n) is 3.99. The highest BCUT2D eigenvalue weighted by Crippen LogP contribution is 2.36. The first-order chi connectivity index (χ1) is 14.5. The number of aromatic nitrogens is 4. The van der Waals surface area contributed by atoms with E-state index in [4.69, 9.17) is 4.74 Å². The maximum absolute atomic E-state index is 14.0. The number of rotatable bonds is 5. The van der Waals surface area contributed by atoms with Crippen molar-refractivity contribution >= 4 is 5.65 Å². The molecule has 0 unspecified atom stereocenters. The van der Waals surface area contributed by atoms with Gasteiger partial charge in [-0.25, -0.2) is 4.98 Å². The number of ether oxygens (including phenoxy) is 1. The van der Waals surface area contributed by atoms with Crippen LogP contribution in [0.3, 0.4) is 0 Å². The molecule has 0 amide bonds. The highest BCUT2D eigenvalue weighted by molar-refractivity contribution is 5.51. The summed E-state index contributed by atoms with van der Waals surface area (Å²) in [6.45, 7) is 1.60. The van der Waals surface area contributed by atoms with E-state index in [0.717, 1.165) is 18.4 Å². The molecule has 1 saturated heterocycles. The van der Waals surface area contributed by atoms with E-state index in [1.807, 2.05) is 35.2 Å². The molecule has 1 saturated carbocycles. The number of benzene rings is 1. The standard InChI is InChI=1S/C21H22F3N5O/c22-21(23,24)19-16(25-13-29-18(10-14-6-7-14)26-27-20(19)29)11-28-8-9-30-17(12-28)15-4-2-1-3-5-15/h1-5,13-14,17H,6-12H2/t17-/m1/s1. The minimum atomic E-state index is -4.56. The quantitative estimate of drug-likeness (QED) is 0.634. The SMILES string of the molecule is FC(F)(F)c1c(CN2CCO[C@@H](c3ccccc3)C2)ncn2c(CC3CC3)nnc12. The number of hydrogen-bond acceptors (Lipinski definition) is 5. The molecule has 1 aliphatic heterocycles. The van der Waals surface area contributed by atoms with Gasteiger partial charge >= 0.3 is 6.18 Å². The van der Waals surface area contributed by atoms with Crippen molar-refractivity contribution in [3.05, 3.63) is 59.3 Å². The summed E-state index contributed by atoms with van der Waals surface area (Å²) in [7, 11) is 0. The van der Waals surface area contributed by atoms with Crippen molar-refractivity contribution in [3.63, 3.8) is 0 Å². The third kappa shape index (κ3) is 3.91. The molecule has 6 nitrogen and oxygen atoms in total. The fraction of sp³-hybridized carbons (Fsp3) is 0.476. The average molecular weight is 417 g/mol. The lowest BCUT2D eigenvalue weighted by atomic mass is 10.1. The Morgan fingerprint density at radius 1 is 1.10 bits per heavy atom. The fourth-order valence-corrected chi connectivity index (χ4v) is 3.99. The van der Waals surface area contributed by atoms with Crippen LogP contribution in [0, 0.1) is 5.92 Å². The molecule has 158 valence electrons. The summed E-state index contributed by atoms with van der Waals surface area (Å²) in [5.41, 5.74) is 0.0521. The van der Waals surface area contributed by atoms with Crippen molar-refractivity contribution in [3.8, 4) is 0 Å². The van der Waals surface area contributed by atoms with Gasteiger partial charge in [-0.1, -0.05) is 30.3 Å². The average Bonchev–Trinajstić information content (AvgIpc) is 3.46. The molecule has 0 radical (unpaired) electrons. The monoisotopic (exact) mass is 417 g/mol. The van der Waals surface area contributed by atoms with Crippen LogP contribution in [-0.4, -0.2) is 44.2 Å². The first-order valence-electron chi connectivity index (χ1n) is 10.2. The zero-order chi connectivity index (χ0) is 20.7. The van der Waals surface area contributed by atoms with Gasteiger partial charge in [0.2, 0.25) is 0 Å². The highest BCUT2D eigenvalue weighted by atomic mass is 19.4. The normalized spacial score (nSPS) is 20.7. The summed E-state index contributed by atoms with van der Waals surface area (Å²) in [5, 5.41) is 7.92. The summed E-state index contributed by atoms with van der Waals surface area (Å²) in [6.07, 6.45) is -0.469. The van der Waals surface area contributed by atoms with Gasteiger partial charge in [-0.15, -0.1) is 10.2 Å². The van der Waals surface area contributed by atoms with Crippen molar-refractivity contribution in [2.24, 2.45) is 5.92 Å². The molecule has 2 aliphatic rings.